The minimum absolute atomic E-state index is 0.0139. The number of carbonyl (C=O) groups is 2. The molecule has 0 atom stereocenters. The number of amides is 1. The molecule has 0 heterocycles. The van der Waals surface area contributed by atoms with Gasteiger partial charge in [0.15, 0.2) is 0 Å². The van der Waals surface area contributed by atoms with Crippen LogP contribution in [0.3, 0.4) is 0 Å². The average molecular weight is 291 g/mol. The molecule has 0 aromatic heterocycles. The van der Waals surface area contributed by atoms with Gasteiger partial charge < -0.3 is 10.0 Å². The Morgan fingerprint density at radius 3 is 2.33 bits per heavy atom. The van der Waals surface area contributed by atoms with Gasteiger partial charge in [0.05, 0.1) is 6.42 Å². The fourth-order valence-corrected chi connectivity index (χ4v) is 2.10. The highest BCUT2D eigenvalue weighted by Gasteiger charge is 2.14. The molecule has 0 saturated heterocycles. The summed E-state index contributed by atoms with van der Waals surface area (Å²) in [7, 11) is 0. The number of rotatable bonds is 9. The number of hydrogen-bond acceptors (Lipinski definition) is 2. The molecule has 4 heteroatoms. The summed E-state index contributed by atoms with van der Waals surface area (Å²) < 4.78 is 0. The second-order valence-corrected chi connectivity index (χ2v) is 5.36. The van der Waals surface area contributed by atoms with Crippen LogP contribution in [-0.2, 0) is 16.0 Å². The van der Waals surface area contributed by atoms with Gasteiger partial charge in [0, 0.05) is 19.5 Å². The standard InChI is InChI=1S/C17H25NO3/c1-3-4-12-18(13-11-17(20)21)16(19)10-9-15-7-5-14(2)6-8-15/h5-8H,3-4,9-13H2,1-2H3,(H,20,21). The van der Waals surface area contributed by atoms with Gasteiger partial charge in [-0.3, -0.25) is 9.59 Å². The highest BCUT2D eigenvalue weighted by molar-refractivity contribution is 5.77. The molecule has 1 N–H and O–H groups in total. The number of carboxylic acid groups (broad SMARTS) is 1. The van der Waals surface area contributed by atoms with Crippen LogP contribution in [0.5, 0.6) is 0 Å². The van der Waals surface area contributed by atoms with Gasteiger partial charge in [-0.05, 0) is 25.3 Å². The van der Waals surface area contributed by atoms with E-state index in [1.807, 2.05) is 31.2 Å². The molecule has 1 rings (SSSR count). The van der Waals surface area contributed by atoms with Crippen LogP contribution in [0.1, 0.15) is 43.7 Å². The van der Waals surface area contributed by atoms with E-state index in [-0.39, 0.29) is 12.3 Å². The molecule has 0 aliphatic heterocycles. The molecule has 4 nitrogen and oxygen atoms in total. The van der Waals surface area contributed by atoms with Crippen molar-refractivity contribution in [2.45, 2.75) is 46.0 Å². The van der Waals surface area contributed by atoms with Crippen LogP contribution < -0.4 is 0 Å². The number of aryl methyl sites for hydroxylation is 2. The monoisotopic (exact) mass is 291 g/mol. The van der Waals surface area contributed by atoms with Gasteiger partial charge >= 0.3 is 5.97 Å². The van der Waals surface area contributed by atoms with Gasteiger partial charge in [-0.25, -0.2) is 0 Å². The van der Waals surface area contributed by atoms with Crippen molar-refractivity contribution in [1.82, 2.24) is 4.90 Å². The highest BCUT2D eigenvalue weighted by Crippen LogP contribution is 2.08. The predicted molar refractivity (Wildman–Crippen MR) is 83.2 cm³/mol. The van der Waals surface area contributed by atoms with E-state index in [9.17, 15) is 9.59 Å². The van der Waals surface area contributed by atoms with E-state index in [2.05, 4.69) is 6.92 Å². The van der Waals surface area contributed by atoms with E-state index >= 15 is 0 Å². The van der Waals surface area contributed by atoms with Crippen molar-refractivity contribution in [2.75, 3.05) is 13.1 Å². The zero-order chi connectivity index (χ0) is 15.7. The number of carbonyl (C=O) groups excluding carboxylic acids is 1. The van der Waals surface area contributed by atoms with Crippen LogP contribution >= 0.6 is 0 Å². The molecular formula is C17H25NO3. The first-order valence-corrected chi connectivity index (χ1v) is 7.58. The van der Waals surface area contributed by atoms with Crippen LogP contribution in [0, 0.1) is 6.92 Å². The van der Waals surface area contributed by atoms with E-state index in [0.717, 1.165) is 18.4 Å². The Bertz CT molecular complexity index is 454. The van der Waals surface area contributed by atoms with Crippen molar-refractivity contribution in [3.8, 4) is 0 Å². The Kier molecular flexibility index (Phi) is 7.51. The zero-order valence-corrected chi connectivity index (χ0v) is 13.0. The maximum Gasteiger partial charge on any atom is 0.305 e. The molecule has 0 bridgehead atoms. The molecule has 1 amide bonds. The largest absolute Gasteiger partial charge is 0.481 e. The third-order valence-electron chi connectivity index (χ3n) is 3.48. The molecule has 0 unspecified atom stereocenters. The Labute approximate surface area is 126 Å². The average Bonchev–Trinajstić information content (AvgIpc) is 2.46. The first-order valence-electron chi connectivity index (χ1n) is 7.58. The van der Waals surface area contributed by atoms with Gasteiger partial charge in [0.1, 0.15) is 0 Å². The summed E-state index contributed by atoms with van der Waals surface area (Å²) >= 11 is 0. The molecular weight excluding hydrogens is 266 g/mol. The Hall–Kier alpha value is -1.84. The lowest BCUT2D eigenvalue weighted by atomic mass is 10.1. The molecule has 0 aliphatic carbocycles. The third-order valence-corrected chi connectivity index (χ3v) is 3.48. The molecule has 0 aliphatic rings. The topological polar surface area (TPSA) is 57.6 Å². The van der Waals surface area contributed by atoms with Crippen molar-refractivity contribution in [2.24, 2.45) is 0 Å². The molecule has 1 aromatic rings. The number of hydrogen-bond donors (Lipinski definition) is 1. The van der Waals surface area contributed by atoms with E-state index in [4.69, 9.17) is 5.11 Å². The van der Waals surface area contributed by atoms with E-state index < -0.39 is 5.97 Å². The molecule has 0 fully saturated rings. The Morgan fingerprint density at radius 1 is 1.10 bits per heavy atom. The van der Waals surface area contributed by atoms with E-state index in [0.29, 0.717) is 25.9 Å². The van der Waals surface area contributed by atoms with Crippen LogP contribution in [0.2, 0.25) is 0 Å². The number of aliphatic carboxylic acids is 1. The van der Waals surface area contributed by atoms with Gasteiger partial charge in [-0.15, -0.1) is 0 Å². The van der Waals surface area contributed by atoms with Gasteiger partial charge in [0.25, 0.3) is 0 Å². The lowest BCUT2D eigenvalue weighted by Crippen LogP contribution is -2.34. The summed E-state index contributed by atoms with van der Waals surface area (Å²) in [5, 5.41) is 8.77. The maximum atomic E-state index is 12.2. The number of carboxylic acids is 1. The smallest absolute Gasteiger partial charge is 0.305 e. The van der Waals surface area contributed by atoms with Crippen molar-refractivity contribution >= 4 is 11.9 Å². The Balaban J connectivity index is 2.50. The maximum absolute atomic E-state index is 12.2. The molecule has 116 valence electrons. The van der Waals surface area contributed by atoms with Crippen molar-refractivity contribution in [3.63, 3.8) is 0 Å². The van der Waals surface area contributed by atoms with E-state index in [1.165, 1.54) is 5.56 Å². The van der Waals surface area contributed by atoms with Crippen LogP contribution in [-0.4, -0.2) is 35.0 Å². The van der Waals surface area contributed by atoms with Gasteiger partial charge in [0.2, 0.25) is 5.91 Å². The van der Waals surface area contributed by atoms with Gasteiger partial charge in [-0.1, -0.05) is 43.2 Å². The summed E-state index contributed by atoms with van der Waals surface area (Å²) in [4.78, 5) is 24.6. The molecule has 0 radical (unpaired) electrons. The summed E-state index contributed by atoms with van der Waals surface area (Å²) in [5.41, 5.74) is 2.35. The molecule has 1 aromatic carbocycles. The minimum atomic E-state index is -0.858. The minimum Gasteiger partial charge on any atom is -0.481 e. The Morgan fingerprint density at radius 2 is 1.76 bits per heavy atom. The second-order valence-electron chi connectivity index (χ2n) is 5.36. The number of unbranched alkanes of at least 4 members (excludes halogenated alkanes) is 1. The predicted octanol–water partition coefficient (Wildman–Crippen LogP) is 3.03. The zero-order valence-electron chi connectivity index (χ0n) is 13.0. The first-order chi connectivity index (χ1) is 10.0. The van der Waals surface area contributed by atoms with Crippen LogP contribution in [0.4, 0.5) is 0 Å². The van der Waals surface area contributed by atoms with Crippen LogP contribution in [0.25, 0.3) is 0 Å². The quantitative estimate of drug-likeness (QED) is 0.761. The van der Waals surface area contributed by atoms with Crippen molar-refractivity contribution < 1.29 is 14.7 Å². The second kappa shape index (κ2) is 9.16. The fourth-order valence-electron chi connectivity index (χ4n) is 2.10. The number of benzene rings is 1. The molecule has 0 saturated carbocycles. The third kappa shape index (κ3) is 6.93. The number of nitrogens with zero attached hydrogens (tertiary/aromatic N) is 1. The van der Waals surface area contributed by atoms with Gasteiger partial charge in [-0.2, -0.15) is 0 Å². The lowest BCUT2D eigenvalue weighted by molar-refractivity contribution is -0.138. The first kappa shape index (κ1) is 17.2. The SMILES string of the molecule is CCCCN(CCC(=O)O)C(=O)CCc1ccc(C)cc1. The molecule has 0 spiro atoms. The van der Waals surface area contributed by atoms with E-state index in [1.54, 1.807) is 4.90 Å². The van der Waals surface area contributed by atoms with Crippen LogP contribution in [0.15, 0.2) is 24.3 Å². The molecule has 21 heavy (non-hydrogen) atoms. The summed E-state index contributed by atoms with van der Waals surface area (Å²) in [6.07, 6.45) is 3.06. The summed E-state index contributed by atoms with van der Waals surface area (Å²) in [6, 6.07) is 8.16. The fraction of sp³-hybridized carbons (Fsp3) is 0.529. The lowest BCUT2D eigenvalue weighted by Gasteiger charge is -2.22. The van der Waals surface area contributed by atoms with Crippen molar-refractivity contribution in [3.05, 3.63) is 35.4 Å². The highest BCUT2D eigenvalue weighted by atomic mass is 16.4. The summed E-state index contributed by atoms with van der Waals surface area (Å²) in [5.74, 6) is -0.812. The summed E-state index contributed by atoms with van der Waals surface area (Å²) in [6.45, 7) is 5.05. The normalized spacial score (nSPS) is 10.4. The van der Waals surface area contributed by atoms with Crippen molar-refractivity contribution in [1.29, 1.82) is 0 Å².